The monoisotopic (exact) mass is 417 g/mol. The fourth-order valence-electron chi connectivity index (χ4n) is 4.31. The molecule has 4 nitrogen and oxygen atoms in total. The molecule has 0 amide bonds. The van der Waals surface area contributed by atoms with Crippen LogP contribution in [0, 0.1) is 10.8 Å². The molecule has 4 heteroatoms. The van der Waals surface area contributed by atoms with Crippen molar-refractivity contribution in [3.63, 3.8) is 0 Å². The van der Waals surface area contributed by atoms with E-state index in [0.29, 0.717) is 23.4 Å². The van der Waals surface area contributed by atoms with Crippen molar-refractivity contribution in [2.45, 2.75) is 46.6 Å². The molecule has 1 atom stereocenters. The van der Waals surface area contributed by atoms with Crippen LogP contribution in [0.4, 0.5) is 0 Å². The number of cyclic esters (lactones) is 1. The van der Waals surface area contributed by atoms with Gasteiger partial charge < -0.3 is 9.47 Å². The first-order chi connectivity index (χ1) is 14.6. The Bertz CT molecular complexity index is 1000. The van der Waals surface area contributed by atoms with Crippen LogP contribution in [0.5, 0.6) is 5.75 Å². The van der Waals surface area contributed by atoms with Crippen LogP contribution in [0.15, 0.2) is 85.3 Å². The topological polar surface area (TPSA) is 48.4 Å². The number of carbonyl (C=O) groups is 1. The summed E-state index contributed by atoms with van der Waals surface area (Å²) in [5.41, 5.74) is 1.62. The second-order valence-corrected chi connectivity index (χ2v) is 9.51. The Balaban J connectivity index is 2.10. The summed E-state index contributed by atoms with van der Waals surface area (Å²) in [6, 6.07) is 13.5. The standard InChI is InChI=1S/C27H31NO3/c1-7-21-15-19(2)30-22-12-10-11-20(16-22)17-26(3,4)18-27(5,6)25(29)31-24(21)23-13-8-9-14-28-23/h7-16,24H,1-2,17-18H2,3-6H3/b21-15+. The summed E-state index contributed by atoms with van der Waals surface area (Å²) in [5, 5.41) is 0. The normalized spacial score (nSPS) is 22.8. The van der Waals surface area contributed by atoms with Gasteiger partial charge in [-0.1, -0.05) is 51.3 Å². The first-order valence-electron chi connectivity index (χ1n) is 10.5. The third-order valence-electron chi connectivity index (χ3n) is 5.35. The van der Waals surface area contributed by atoms with Gasteiger partial charge in [0.15, 0.2) is 6.10 Å². The maximum atomic E-state index is 13.3. The van der Waals surface area contributed by atoms with Crippen LogP contribution >= 0.6 is 0 Å². The average Bonchev–Trinajstić information content (AvgIpc) is 2.69. The van der Waals surface area contributed by atoms with E-state index in [1.54, 1.807) is 18.3 Å². The van der Waals surface area contributed by atoms with Crippen molar-refractivity contribution in [1.29, 1.82) is 0 Å². The minimum atomic E-state index is -0.705. The molecular weight excluding hydrogens is 386 g/mol. The Morgan fingerprint density at radius 1 is 1.13 bits per heavy atom. The van der Waals surface area contributed by atoms with Gasteiger partial charge >= 0.3 is 5.97 Å². The molecule has 0 fully saturated rings. The second-order valence-electron chi connectivity index (χ2n) is 9.51. The van der Waals surface area contributed by atoms with Crippen LogP contribution in [0.3, 0.4) is 0 Å². The fraction of sp³-hybridized carbons (Fsp3) is 0.333. The molecule has 0 saturated heterocycles. The van der Waals surface area contributed by atoms with Crippen LogP contribution in [0.1, 0.15) is 51.5 Å². The Labute approximate surface area is 185 Å². The maximum Gasteiger partial charge on any atom is 0.312 e. The molecule has 1 aromatic carbocycles. The van der Waals surface area contributed by atoms with Crippen molar-refractivity contribution >= 4 is 5.97 Å². The quantitative estimate of drug-likeness (QED) is 0.533. The first-order valence-corrected chi connectivity index (χ1v) is 10.5. The van der Waals surface area contributed by atoms with E-state index in [1.807, 2.05) is 50.2 Å². The fourth-order valence-corrected chi connectivity index (χ4v) is 4.31. The summed E-state index contributed by atoms with van der Waals surface area (Å²) in [6.07, 6.45) is 5.85. The third-order valence-corrected chi connectivity index (χ3v) is 5.35. The predicted octanol–water partition coefficient (Wildman–Crippen LogP) is 6.37. The van der Waals surface area contributed by atoms with Crippen LogP contribution < -0.4 is 4.74 Å². The van der Waals surface area contributed by atoms with Crippen molar-refractivity contribution < 1.29 is 14.3 Å². The summed E-state index contributed by atoms with van der Waals surface area (Å²) in [5.74, 6) is 0.876. The number of pyridine rings is 1. The minimum absolute atomic E-state index is 0.125. The minimum Gasteiger partial charge on any atom is -0.458 e. The zero-order valence-electron chi connectivity index (χ0n) is 18.9. The lowest BCUT2D eigenvalue weighted by Gasteiger charge is -2.35. The number of esters is 1. The van der Waals surface area contributed by atoms with E-state index in [9.17, 15) is 4.79 Å². The zero-order chi connectivity index (χ0) is 22.6. The van der Waals surface area contributed by atoms with Gasteiger partial charge in [0.1, 0.15) is 11.5 Å². The summed E-state index contributed by atoms with van der Waals surface area (Å²) in [4.78, 5) is 17.8. The first kappa shape index (κ1) is 22.5. The number of nitrogens with zero attached hydrogens (tertiary/aromatic N) is 1. The molecule has 1 unspecified atom stereocenters. The van der Waals surface area contributed by atoms with E-state index in [-0.39, 0.29) is 11.4 Å². The highest BCUT2D eigenvalue weighted by Crippen LogP contribution is 2.40. The van der Waals surface area contributed by atoms with E-state index >= 15 is 0 Å². The number of carbonyl (C=O) groups excluding carboxylic acids is 1. The SMILES string of the molecule is C=C/C1=C\C(=C)Oc2cccc(c2)CC(C)(C)CC(C)(C)C(=O)OC1c1ccccn1. The molecule has 1 aliphatic heterocycles. The predicted molar refractivity (Wildman–Crippen MR) is 123 cm³/mol. The molecule has 0 radical (unpaired) electrons. The molecule has 2 heterocycles. The largest absolute Gasteiger partial charge is 0.458 e. The highest BCUT2D eigenvalue weighted by molar-refractivity contribution is 5.76. The lowest BCUT2D eigenvalue weighted by molar-refractivity contribution is -0.160. The summed E-state index contributed by atoms with van der Waals surface area (Å²) >= 11 is 0. The van der Waals surface area contributed by atoms with E-state index in [1.165, 1.54) is 0 Å². The Kier molecular flexibility index (Phi) is 6.49. The molecule has 31 heavy (non-hydrogen) atoms. The van der Waals surface area contributed by atoms with Gasteiger partial charge in [0.05, 0.1) is 11.1 Å². The zero-order valence-corrected chi connectivity index (χ0v) is 18.9. The number of benzene rings is 1. The van der Waals surface area contributed by atoms with Gasteiger partial charge in [0.25, 0.3) is 0 Å². The maximum absolute atomic E-state index is 13.3. The highest BCUT2D eigenvalue weighted by Gasteiger charge is 2.38. The molecule has 1 aliphatic rings. The van der Waals surface area contributed by atoms with Crippen LogP contribution in [-0.2, 0) is 16.0 Å². The number of rotatable bonds is 2. The number of allylic oxidation sites excluding steroid dienone is 1. The Morgan fingerprint density at radius 3 is 2.58 bits per heavy atom. The molecule has 2 bridgehead atoms. The second kappa shape index (κ2) is 8.93. The number of hydrogen-bond donors (Lipinski definition) is 0. The lowest BCUT2D eigenvalue weighted by Crippen LogP contribution is -2.34. The van der Waals surface area contributed by atoms with Crippen LogP contribution in [-0.4, -0.2) is 11.0 Å². The van der Waals surface area contributed by atoms with Crippen molar-refractivity contribution in [2.75, 3.05) is 0 Å². The van der Waals surface area contributed by atoms with E-state index < -0.39 is 11.5 Å². The average molecular weight is 418 g/mol. The lowest BCUT2D eigenvalue weighted by atomic mass is 9.72. The molecule has 2 aromatic rings. The van der Waals surface area contributed by atoms with E-state index in [2.05, 4.69) is 38.1 Å². The highest BCUT2D eigenvalue weighted by atomic mass is 16.5. The number of ether oxygens (including phenoxy) is 2. The Morgan fingerprint density at radius 2 is 1.90 bits per heavy atom. The van der Waals surface area contributed by atoms with Gasteiger partial charge in [-0.3, -0.25) is 9.78 Å². The van der Waals surface area contributed by atoms with Gasteiger partial charge in [-0.2, -0.15) is 0 Å². The van der Waals surface area contributed by atoms with Gasteiger partial charge in [-0.05, 0) is 68.0 Å². The van der Waals surface area contributed by atoms with Crippen molar-refractivity contribution in [3.05, 3.63) is 96.6 Å². The molecule has 0 aliphatic carbocycles. The van der Waals surface area contributed by atoms with Gasteiger partial charge in [-0.25, -0.2) is 0 Å². The number of fused-ring (bicyclic) bond motifs is 2. The third kappa shape index (κ3) is 5.72. The van der Waals surface area contributed by atoms with Gasteiger partial charge in [-0.15, -0.1) is 0 Å². The summed E-state index contributed by atoms with van der Waals surface area (Å²) < 4.78 is 12.0. The molecule has 0 spiro atoms. The van der Waals surface area contributed by atoms with Crippen molar-refractivity contribution in [1.82, 2.24) is 4.98 Å². The van der Waals surface area contributed by atoms with E-state index in [0.717, 1.165) is 17.7 Å². The van der Waals surface area contributed by atoms with Gasteiger partial charge in [0.2, 0.25) is 0 Å². The van der Waals surface area contributed by atoms with E-state index in [4.69, 9.17) is 9.47 Å². The Hall–Kier alpha value is -3.14. The van der Waals surface area contributed by atoms with Gasteiger partial charge in [0, 0.05) is 11.8 Å². The molecule has 0 N–H and O–H groups in total. The molecule has 162 valence electrons. The number of aromatic nitrogens is 1. The molecular formula is C27H31NO3. The molecule has 1 aromatic heterocycles. The van der Waals surface area contributed by atoms with Crippen LogP contribution in [0.25, 0.3) is 0 Å². The smallest absolute Gasteiger partial charge is 0.312 e. The number of hydrogen-bond acceptors (Lipinski definition) is 4. The summed E-state index contributed by atoms with van der Waals surface area (Å²) in [7, 11) is 0. The molecule has 0 saturated carbocycles. The van der Waals surface area contributed by atoms with Crippen molar-refractivity contribution in [3.8, 4) is 5.75 Å². The molecule has 3 rings (SSSR count). The van der Waals surface area contributed by atoms with Crippen molar-refractivity contribution in [2.24, 2.45) is 10.8 Å². The van der Waals surface area contributed by atoms with Crippen LogP contribution in [0.2, 0.25) is 0 Å². The summed E-state index contributed by atoms with van der Waals surface area (Å²) in [6.45, 7) is 16.2.